The van der Waals surface area contributed by atoms with E-state index >= 15 is 0 Å². The summed E-state index contributed by atoms with van der Waals surface area (Å²) in [6, 6.07) is 11.3. The van der Waals surface area contributed by atoms with E-state index in [2.05, 4.69) is 37.2 Å². The van der Waals surface area contributed by atoms with Crippen molar-refractivity contribution in [3.05, 3.63) is 62.5 Å². The highest BCUT2D eigenvalue weighted by Gasteiger charge is 2.07. The van der Waals surface area contributed by atoms with E-state index in [0.717, 1.165) is 25.8 Å². The Bertz CT molecular complexity index is 671. The Morgan fingerprint density at radius 2 is 1.86 bits per heavy atom. The zero-order valence-corrected chi connectivity index (χ0v) is 14.5. The lowest BCUT2D eigenvalue weighted by molar-refractivity contribution is -0.111. The Labute approximate surface area is 140 Å². The Morgan fingerprint density at radius 1 is 1.19 bits per heavy atom. The van der Waals surface area contributed by atoms with Crippen molar-refractivity contribution >= 4 is 55.2 Å². The van der Waals surface area contributed by atoms with E-state index < -0.39 is 0 Å². The second-order valence-corrected chi connectivity index (χ2v) is 6.34. The molecule has 0 aromatic heterocycles. The highest BCUT2D eigenvalue weighted by molar-refractivity contribution is 9.10. The third kappa shape index (κ3) is 4.44. The highest BCUT2D eigenvalue weighted by atomic mass is 79.9. The fraction of sp³-hybridized carbons (Fsp3) is 0.0625. The number of carbonyl (C=O) groups excluding carboxylic acids is 1. The van der Waals surface area contributed by atoms with Gasteiger partial charge in [-0.3, -0.25) is 4.79 Å². The van der Waals surface area contributed by atoms with Crippen LogP contribution in [0.3, 0.4) is 0 Å². The van der Waals surface area contributed by atoms with Crippen LogP contribution < -0.4 is 11.1 Å². The first-order valence-corrected chi connectivity index (χ1v) is 7.84. The number of hydrogen-bond donors (Lipinski definition) is 2. The minimum absolute atomic E-state index is 0.188. The van der Waals surface area contributed by atoms with Crippen molar-refractivity contribution in [1.29, 1.82) is 0 Å². The predicted octanol–water partition coefficient (Wildman–Crippen LogP) is 4.75. The molecule has 0 fully saturated rings. The minimum Gasteiger partial charge on any atom is -0.399 e. The van der Waals surface area contributed by atoms with Crippen molar-refractivity contribution in [1.82, 2.24) is 0 Å². The third-order valence-corrected chi connectivity index (χ3v) is 4.01. The Morgan fingerprint density at radius 3 is 2.48 bits per heavy atom. The van der Waals surface area contributed by atoms with Crippen molar-refractivity contribution in [2.75, 3.05) is 11.1 Å². The van der Waals surface area contributed by atoms with Gasteiger partial charge in [-0.25, -0.2) is 0 Å². The Kier molecular flexibility index (Phi) is 5.20. The molecule has 5 heteroatoms. The number of aryl methyl sites for hydroxylation is 1. The molecule has 3 N–H and O–H groups in total. The SMILES string of the molecule is Cc1cc(N)cc(Br)c1NC(=O)/C=C/c1ccc(Br)cc1. The van der Waals surface area contributed by atoms with Gasteiger partial charge in [-0.05, 0) is 64.3 Å². The van der Waals surface area contributed by atoms with E-state index in [1.165, 1.54) is 6.08 Å². The number of benzene rings is 2. The van der Waals surface area contributed by atoms with Crippen molar-refractivity contribution in [3.8, 4) is 0 Å². The molecule has 108 valence electrons. The Hall–Kier alpha value is -1.59. The molecule has 2 aromatic carbocycles. The summed E-state index contributed by atoms with van der Waals surface area (Å²) in [6.07, 6.45) is 3.27. The maximum Gasteiger partial charge on any atom is 0.248 e. The van der Waals surface area contributed by atoms with E-state index in [9.17, 15) is 4.79 Å². The first-order valence-electron chi connectivity index (χ1n) is 6.26. The molecule has 1 amide bonds. The van der Waals surface area contributed by atoms with Crippen LogP contribution in [0.2, 0.25) is 0 Å². The van der Waals surface area contributed by atoms with Gasteiger partial charge in [-0.2, -0.15) is 0 Å². The number of hydrogen-bond acceptors (Lipinski definition) is 2. The molecule has 0 radical (unpaired) electrons. The minimum atomic E-state index is -0.188. The van der Waals surface area contributed by atoms with Gasteiger partial charge in [0.25, 0.3) is 0 Å². The van der Waals surface area contributed by atoms with Crippen molar-refractivity contribution < 1.29 is 4.79 Å². The van der Waals surface area contributed by atoms with E-state index in [1.807, 2.05) is 37.3 Å². The maximum absolute atomic E-state index is 12.0. The molecule has 0 heterocycles. The van der Waals surface area contributed by atoms with Crippen molar-refractivity contribution in [3.63, 3.8) is 0 Å². The van der Waals surface area contributed by atoms with Gasteiger partial charge in [0.05, 0.1) is 5.69 Å². The summed E-state index contributed by atoms with van der Waals surface area (Å²) >= 11 is 6.78. The average molecular weight is 410 g/mol. The van der Waals surface area contributed by atoms with Crippen molar-refractivity contribution in [2.24, 2.45) is 0 Å². The third-order valence-electron chi connectivity index (χ3n) is 2.86. The molecule has 2 aromatic rings. The molecule has 0 aliphatic carbocycles. The van der Waals surface area contributed by atoms with Gasteiger partial charge >= 0.3 is 0 Å². The summed E-state index contributed by atoms with van der Waals surface area (Å²) in [5.41, 5.74) is 9.00. The largest absolute Gasteiger partial charge is 0.399 e. The molecular formula is C16H14Br2N2O. The molecule has 3 nitrogen and oxygen atoms in total. The fourth-order valence-corrected chi connectivity index (χ4v) is 2.78. The Balaban J connectivity index is 2.10. The number of amides is 1. The quantitative estimate of drug-likeness (QED) is 0.567. The fourth-order valence-electron chi connectivity index (χ4n) is 1.84. The van der Waals surface area contributed by atoms with Gasteiger partial charge in [0.1, 0.15) is 0 Å². The normalized spacial score (nSPS) is 10.8. The maximum atomic E-state index is 12.0. The summed E-state index contributed by atoms with van der Waals surface area (Å²) < 4.78 is 1.77. The van der Waals surface area contributed by atoms with E-state index in [-0.39, 0.29) is 5.91 Å². The molecule has 0 aliphatic rings. The standard InChI is InChI=1S/C16H14Br2N2O/c1-10-8-13(19)9-14(18)16(10)20-15(21)7-4-11-2-5-12(17)6-3-11/h2-9H,19H2,1H3,(H,20,21)/b7-4+. The molecule has 21 heavy (non-hydrogen) atoms. The van der Waals surface area contributed by atoms with E-state index in [4.69, 9.17) is 5.73 Å². The van der Waals surface area contributed by atoms with Gasteiger partial charge in [-0.1, -0.05) is 28.1 Å². The van der Waals surface area contributed by atoms with Crippen molar-refractivity contribution in [2.45, 2.75) is 6.92 Å². The topological polar surface area (TPSA) is 55.1 Å². The van der Waals surface area contributed by atoms with Gasteiger partial charge in [0.2, 0.25) is 5.91 Å². The molecule has 0 aliphatic heterocycles. The van der Waals surface area contributed by atoms with Crippen LogP contribution in [-0.2, 0) is 4.79 Å². The first-order chi connectivity index (χ1) is 9.95. The predicted molar refractivity (Wildman–Crippen MR) is 95.1 cm³/mol. The molecule has 0 atom stereocenters. The number of nitrogens with two attached hydrogens (primary N) is 1. The van der Waals surface area contributed by atoms with Crippen LogP contribution in [0.25, 0.3) is 6.08 Å². The number of anilines is 2. The summed E-state index contributed by atoms with van der Waals surface area (Å²) in [7, 11) is 0. The van der Waals surface area contributed by atoms with Crippen LogP contribution in [0.5, 0.6) is 0 Å². The van der Waals surface area contributed by atoms with Crippen LogP contribution in [0, 0.1) is 6.92 Å². The number of nitrogens with one attached hydrogen (secondary N) is 1. The van der Waals surface area contributed by atoms with Crippen LogP contribution in [0.15, 0.2) is 51.4 Å². The smallest absolute Gasteiger partial charge is 0.248 e. The summed E-state index contributed by atoms with van der Waals surface area (Å²) in [6.45, 7) is 1.90. The van der Waals surface area contributed by atoms with Gasteiger partial charge in [0, 0.05) is 20.7 Å². The van der Waals surface area contributed by atoms with Crippen LogP contribution >= 0.6 is 31.9 Å². The van der Waals surface area contributed by atoms with Gasteiger partial charge < -0.3 is 11.1 Å². The zero-order valence-electron chi connectivity index (χ0n) is 11.4. The zero-order chi connectivity index (χ0) is 15.4. The van der Waals surface area contributed by atoms with E-state index in [1.54, 1.807) is 12.1 Å². The summed E-state index contributed by atoms with van der Waals surface area (Å²) in [5.74, 6) is -0.188. The molecule has 0 spiro atoms. The number of rotatable bonds is 3. The summed E-state index contributed by atoms with van der Waals surface area (Å²) in [5, 5.41) is 2.85. The lowest BCUT2D eigenvalue weighted by Gasteiger charge is -2.10. The van der Waals surface area contributed by atoms with Crippen LogP contribution in [0.1, 0.15) is 11.1 Å². The van der Waals surface area contributed by atoms with Crippen LogP contribution in [-0.4, -0.2) is 5.91 Å². The number of halogens is 2. The highest BCUT2D eigenvalue weighted by Crippen LogP contribution is 2.29. The molecule has 2 rings (SSSR count). The lowest BCUT2D eigenvalue weighted by Crippen LogP contribution is -2.10. The van der Waals surface area contributed by atoms with Gasteiger partial charge in [0.15, 0.2) is 0 Å². The molecule has 0 bridgehead atoms. The monoisotopic (exact) mass is 408 g/mol. The molecule has 0 unspecified atom stereocenters. The molecule has 0 saturated carbocycles. The second kappa shape index (κ2) is 6.91. The van der Waals surface area contributed by atoms with E-state index in [0.29, 0.717) is 5.69 Å². The molecular weight excluding hydrogens is 396 g/mol. The summed E-state index contributed by atoms with van der Waals surface area (Å²) in [4.78, 5) is 12.0. The number of carbonyl (C=O) groups is 1. The second-order valence-electron chi connectivity index (χ2n) is 4.57. The first kappa shape index (κ1) is 15.8. The van der Waals surface area contributed by atoms with Crippen LogP contribution in [0.4, 0.5) is 11.4 Å². The number of nitrogen functional groups attached to an aromatic ring is 1. The molecule has 0 saturated heterocycles. The average Bonchev–Trinajstić information content (AvgIpc) is 2.42. The lowest BCUT2D eigenvalue weighted by atomic mass is 10.1. The van der Waals surface area contributed by atoms with Gasteiger partial charge in [-0.15, -0.1) is 0 Å².